The third kappa shape index (κ3) is 4.80. The van der Waals surface area contributed by atoms with Crippen molar-refractivity contribution in [2.24, 2.45) is 0 Å². The van der Waals surface area contributed by atoms with Gasteiger partial charge in [0.1, 0.15) is 5.82 Å². The Hall–Kier alpha value is -0.910. The molecule has 21 heavy (non-hydrogen) atoms. The van der Waals surface area contributed by atoms with Crippen molar-refractivity contribution >= 4 is 33.1 Å². The van der Waals surface area contributed by atoms with Gasteiger partial charge in [0.25, 0.3) is 0 Å². The van der Waals surface area contributed by atoms with Crippen LogP contribution >= 0.6 is 27.3 Å². The molecule has 0 aliphatic rings. The van der Waals surface area contributed by atoms with Crippen LogP contribution in [0, 0.1) is 0 Å². The highest BCUT2D eigenvalue weighted by Gasteiger charge is 2.13. The molecule has 2 rings (SSSR count). The Morgan fingerprint density at radius 2 is 2.24 bits per heavy atom. The molecule has 0 unspecified atom stereocenters. The highest BCUT2D eigenvalue weighted by atomic mass is 79.9. The van der Waals surface area contributed by atoms with E-state index < -0.39 is 0 Å². The molecule has 0 saturated carbocycles. The highest BCUT2D eigenvalue weighted by Crippen LogP contribution is 2.24. The third-order valence-electron chi connectivity index (χ3n) is 3.22. The van der Waals surface area contributed by atoms with Crippen LogP contribution in [0.3, 0.4) is 0 Å². The summed E-state index contributed by atoms with van der Waals surface area (Å²) in [4.78, 5) is 8.35. The molecule has 1 N–H and O–H groups in total. The molecule has 0 bridgehead atoms. The van der Waals surface area contributed by atoms with E-state index in [1.165, 1.54) is 10.4 Å². The summed E-state index contributed by atoms with van der Waals surface area (Å²) in [5.74, 6) is 1.07. The molecule has 0 fully saturated rings. The summed E-state index contributed by atoms with van der Waals surface area (Å²) < 4.78 is 1.03. The number of rotatable bonds is 7. The maximum absolute atomic E-state index is 4.65. The molecule has 0 aliphatic heterocycles. The average Bonchev–Trinajstić information content (AvgIpc) is 2.96. The number of halogens is 1. The minimum absolute atomic E-state index is 0.462. The third-order valence-corrected chi connectivity index (χ3v) is 4.51. The van der Waals surface area contributed by atoms with Crippen LogP contribution in [0.2, 0.25) is 0 Å². The number of aromatic nitrogens is 1. The fraction of sp³-hybridized carbons (Fsp3) is 0.438. The molecule has 0 atom stereocenters. The normalized spacial score (nSPS) is 11.1. The summed E-state index contributed by atoms with van der Waals surface area (Å²) in [7, 11) is 0. The molecule has 2 heterocycles. The van der Waals surface area contributed by atoms with Gasteiger partial charge in [0, 0.05) is 40.2 Å². The molecule has 0 saturated heterocycles. The maximum atomic E-state index is 4.65. The molecular weight excluding hydrogens is 346 g/mol. The lowest BCUT2D eigenvalue weighted by Gasteiger charge is -2.24. The first kappa shape index (κ1) is 16.5. The van der Waals surface area contributed by atoms with Crippen LogP contribution < -0.4 is 10.2 Å². The van der Waals surface area contributed by atoms with Crippen LogP contribution in [0.4, 0.5) is 5.82 Å². The number of anilines is 1. The van der Waals surface area contributed by atoms with Gasteiger partial charge in [-0.2, -0.15) is 0 Å². The molecule has 0 aliphatic carbocycles. The summed E-state index contributed by atoms with van der Waals surface area (Å²) in [6, 6.07) is 6.90. The van der Waals surface area contributed by atoms with Crippen molar-refractivity contribution in [3.63, 3.8) is 0 Å². The van der Waals surface area contributed by atoms with Crippen LogP contribution in [0.5, 0.6) is 0 Å². The number of hydrogen-bond donors (Lipinski definition) is 1. The van der Waals surface area contributed by atoms with Crippen LogP contribution in [0.25, 0.3) is 0 Å². The molecule has 3 nitrogen and oxygen atoms in total. The van der Waals surface area contributed by atoms with Crippen molar-refractivity contribution in [3.05, 3.63) is 44.7 Å². The Morgan fingerprint density at radius 3 is 2.86 bits per heavy atom. The fourth-order valence-corrected chi connectivity index (χ4v) is 3.23. The topological polar surface area (TPSA) is 28.2 Å². The summed E-state index contributed by atoms with van der Waals surface area (Å²) in [6.45, 7) is 9.19. The summed E-state index contributed by atoms with van der Waals surface area (Å²) in [6.07, 6.45) is 1.88. The monoisotopic (exact) mass is 367 g/mol. The van der Waals surface area contributed by atoms with Crippen molar-refractivity contribution in [1.29, 1.82) is 0 Å². The van der Waals surface area contributed by atoms with Gasteiger partial charge >= 0.3 is 0 Å². The first-order valence-corrected chi connectivity index (χ1v) is 8.92. The second-order valence-electron chi connectivity index (χ2n) is 5.27. The highest BCUT2D eigenvalue weighted by molar-refractivity contribution is 9.10. The van der Waals surface area contributed by atoms with E-state index in [0.29, 0.717) is 6.04 Å². The molecule has 2 aromatic rings. The number of nitrogens with one attached hydrogen (secondary N) is 1. The first-order valence-electron chi connectivity index (χ1n) is 7.25. The van der Waals surface area contributed by atoms with Gasteiger partial charge in [-0.05, 0) is 40.4 Å². The lowest BCUT2D eigenvalue weighted by Crippen LogP contribution is -2.27. The van der Waals surface area contributed by atoms with Gasteiger partial charge in [-0.15, -0.1) is 11.3 Å². The Morgan fingerprint density at radius 1 is 1.43 bits per heavy atom. The van der Waals surface area contributed by atoms with Crippen molar-refractivity contribution in [2.75, 3.05) is 11.4 Å². The Kier molecular flexibility index (Phi) is 6.21. The summed E-state index contributed by atoms with van der Waals surface area (Å²) >= 11 is 5.32. The second-order valence-corrected chi connectivity index (χ2v) is 7.21. The smallest absolute Gasteiger partial charge is 0.133 e. The molecular formula is C16H22BrN3S. The second kappa shape index (κ2) is 7.92. The van der Waals surface area contributed by atoms with Crippen LogP contribution in [-0.2, 0) is 13.1 Å². The Balaban J connectivity index is 2.22. The number of thiophene rings is 1. The van der Waals surface area contributed by atoms with Gasteiger partial charge in [0.05, 0.1) is 6.54 Å². The van der Waals surface area contributed by atoms with Crippen LogP contribution in [0.1, 0.15) is 31.2 Å². The van der Waals surface area contributed by atoms with Crippen molar-refractivity contribution in [2.45, 2.75) is 39.9 Å². The lowest BCUT2D eigenvalue weighted by atomic mass is 10.2. The van der Waals surface area contributed by atoms with Gasteiger partial charge < -0.3 is 10.2 Å². The van der Waals surface area contributed by atoms with Crippen molar-refractivity contribution < 1.29 is 0 Å². The van der Waals surface area contributed by atoms with E-state index in [1.807, 2.05) is 6.20 Å². The van der Waals surface area contributed by atoms with Gasteiger partial charge in [0.2, 0.25) is 0 Å². The zero-order valence-electron chi connectivity index (χ0n) is 12.8. The lowest BCUT2D eigenvalue weighted by molar-refractivity contribution is 0.586. The van der Waals surface area contributed by atoms with Gasteiger partial charge in [0.15, 0.2) is 0 Å². The van der Waals surface area contributed by atoms with Gasteiger partial charge in [-0.3, -0.25) is 0 Å². The Bertz CT molecular complexity index is 555. The quantitative estimate of drug-likeness (QED) is 0.784. The summed E-state index contributed by atoms with van der Waals surface area (Å²) in [5.41, 5.74) is 1.23. The van der Waals surface area contributed by atoms with E-state index in [9.17, 15) is 0 Å². The molecule has 0 amide bonds. The SMILES string of the molecule is CCN(Cc1cccs1)c1ncc(Br)cc1CNC(C)C. The number of hydrogen-bond acceptors (Lipinski definition) is 4. The minimum atomic E-state index is 0.462. The Labute approximate surface area is 139 Å². The molecule has 5 heteroatoms. The van der Waals surface area contributed by atoms with Crippen LogP contribution in [0.15, 0.2) is 34.2 Å². The van der Waals surface area contributed by atoms with Crippen molar-refractivity contribution in [3.8, 4) is 0 Å². The molecule has 0 radical (unpaired) electrons. The van der Waals surface area contributed by atoms with Crippen LogP contribution in [-0.4, -0.2) is 17.6 Å². The van der Waals surface area contributed by atoms with E-state index in [4.69, 9.17) is 0 Å². The number of pyridine rings is 1. The molecule has 2 aromatic heterocycles. The predicted molar refractivity (Wildman–Crippen MR) is 95.0 cm³/mol. The van der Waals surface area contributed by atoms with E-state index in [0.717, 1.165) is 29.9 Å². The zero-order valence-corrected chi connectivity index (χ0v) is 15.2. The standard InChI is InChI=1S/C16H22BrN3S/c1-4-20(11-15-6-5-7-21-15)16-13(9-18-12(2)3)8-14(17)10-19-16/h5-8,10,12,18H,4,9,11H2,1-3H3. The van der Waals surface area contributed by atoms with E-state index in [1.54, 1.807) is 11.3 Å². The minimum Gasteiger partial charge on any atom is -0.351 e. The fourth-order valence-electron chi connectivity index (χ4n) is 2.13. The first-order chi connectivity index (χ1) is 10.1. The number of nitrogens with zero attached hydrogens (tertiary/aromatic N) is 2. The van der Waals surface area contributed by atoms with E-state index in [2.05, 4.69) is 75.5 Å². The zero-order chi connectivity index (χ0) is 15.2. The molecule has 0 spiro atoms. The summed E-state index contributed by atoms with van der Waals surface area (Å²) in [5, 5.41) is 5.61. The van der Waals surface area contributed by atoms with E-state index >= 15 is 0 Å². The maximum Gasteiger partial charge on any atom is 0.133 e. The largest absolute Gasteiger partial charge is 0.351 e. The van der Waals surface area contributed by atoms with Gasteiger partial charge in [-0.25, -0.2) is 4.98 Å². The molecule has 114 valence electrons. The van der Waals surface area contributed by atoms with E-state index in [-0.39, 0.29) is 0 Å². The van der Waals surface area contributed by atoms with Crippen molar-refractivity contribution in [1.82, 2.24) is 10.3 Å². The molecule has 0 aromatic carbocycles. The van der Waals surface area contributed by atoms with Gasteiger partial charge in [-0.1, -0.05) is 19.9 Å². The predicted octanol–water partition coefficient (Wildman–Crippen LogP) is 4.43. The average molecular weight is 368 g/mol.